The van der Waals surface area contributed by atoms with E-state index < -0.39 is 8.80 Å². The molecule has 0 fully saturated rings. The number of rotatable bonds is 7. The van der Waals surface area contributed by atoms with Crippen molar-refractivity contribution >= 4 is 14.0 Å². The maximum Gasteiger partial charge on any atom is 0.537 e. The van der Waals surface area contributed by atoms with Gasteiger partial charge in [0.25, 0.3) is 0 Å². The molecule has 0 amide bonds. The van der Waals surface area contributed by atoms with Crippen molar-refractivity contribution in [1.82, 2.24) is 0 Å². The summed E-state index contributed by atoms with van der Waals surface area (Å²) in [5.74, 6) is 0. The topological polar surface area (TPSA) is 47.9 Å². The predicted molar refractivity (Wildman–Crippen MR) is 74.9 cm³/mol. The first-order valence-electron chi connectivity index (χ1n) is 6.21. The fourth-order valence-corrected chi connectivity index (χ4v) is 4.08. The van der Waals surface area contributed by atoms with Crippen LogP contribution >= 0.6 is 0 Å². The van der Waals surface area contributed by atoms with Gasteiger partial charge in [0.05, 0.1) is 0 Å². The van der Waals surface area contributed by atoms with Crippen molar-refractivity contribution in [3.63, 3.8) is 0 Å². The van der Waals surface area contributed by atoms with Crippen molar-refractivity contribution in [1.29, 1.82) is 0 Å². The highest BCUT2D eigenvalue weighted by molar-refractivity contribution is 6.75. The molecule has 0 atom stereocenters. The van der Waals surface area contributed by atoms with E-state index in [1.165, 1.54) is 0 Å². The highest BCUT2D eigenvalue weighted by Crippen LogP contribution is 2.10. The highest BCUT2D eigenvalue weighted by Gasteiger charge is 2.42. The molecule has 0 saturated carbocycles. The molecule has 1 aromatic carbocycles. The van der Waals surface area contributed by atoms with Crippen LogP contribution in [-0.4, -0.2) is 40.8 Å². The smallest absolute Gasteiger partial charge is 0.400 e. The summed E-state index contributed by atoms with van der Waals surface area (Å²) >= 11 is 0. The maximum atomic E-state index is 7.00. The third-order valence-electron chi connectivity index (χ3n) is 2.13. The van der Waals surface area contributed by atoms with E-state index >= 15 is 0 Å². The van der Waals surface area contributed by atoms with Gasteiger partial charge in [-0.25, -0.2) is 0 Å². The Morgan fingerprint density at radius 2 is 1.22 bits per heavy atom. The Balaban J connectivity index is 0.00000137. The summed E-state index contributed by atoms with van der Waals surface area (Å²) in [6.45, 7) is 7.68. The molecule has 1 N–H and O–H groups in total. The van der Waals surface area contributed by atoms with Gasteiger partial charge in [-0.05, 0) is 20.8 Å². The summed E-state index contributed by atoms with van der Waals surface area (Å²) in [5, 5.41) is 8.03. The molecular formula is C13H24O4Si. The van der Waals surface area contributed by atoms with Crippen LogP contribution in [0.25, 0.3) is 0 Å². The molecule has 0 heterocycles. The quantitative estimate of drug-likeness (QED) is 0.765. The van der Waals surface area contributed by atoms with E-state index in [1.54, 1.807) is 0 Å². The Morgan fingerprint density at radius 1 is 0.833 bits per heavy atom. The summed E-state index contributed by atoms with van der Waals surface area (Å²) < 4.78 is 17.4. The van der Waals surface area contributed by atoms with E-state index in [4.69, 9.17) is 18.4 Å². The van der Waals surface area contributed by atoms with Gasteiger partial charge in [0.15, 0.2) is 0 Å². The summed E-state index contributed by atoms with van der Waals surface area (Å²) in [7, 11) is -1.67. The summed E-state index contributed by atoms with van der Waals surface area (Å²) in [6.07, 6.45) is 0. The van der Waals surface area contributed by atoms with E-state index in [1.807, 2.05) is 51.1 Å². The molecule has 0 radical (unpaired) electrons. The van der Waals surface area contributed by atoms with Crippen LogP contribution in [-0.2, 0) is 13.3 Å². The van der Waals surface area contributed by atoms with Gasteiger partial charge in [0, 0.05) is 32.1 Å². The number of benzene rings is 1. The molecule has 4 nitrogen and oxygen atoms in total. The van der Waals surface area contributed by atoms with Crippen LogP contribution in [0, 0.1) is 0 Å². The van der Waals surface area contributed by atoms with Gasteiger partial charge in [0.1, 0.15) is 0 Å². The van der Waals surface area contributed by atoms with E-state index in [0.29, 0.717) is 19.8 Å². The molecule has 0 spiro atoms. The van der Waals surface area contributed by atoms with Gasteiger partial charge in [-0.1, -0.05) is 30.3 Å². The first kappa shape index (κ1) is 17.3. The number of hydrogen-bond donors (Lipinski definition) is 1. The van der Waals surface area contributed by atoms with Crippen molar-refractivity contribution < 1.29 is 18.4 Å². The standard InChI is InChI=1S/C12H20O3Si.CH4O/c1-4-13-16(14-5-2,15-6-3)12-10-8-7-9-11-12;1-2/h7-11H,4-6H2,1-3H3;2H,1H3. The minimum atomic E-state index is -2.67. The number of aliphatic hydroxyl groups is 1. The van der Waals surface area contributed by atoms with E-state index in [0.717, 1.165) is 12.3 Å². The van der Waals surface area contributed by atoms with E-state index in [9.17, 15) is 0 Å². The predicted octanol–water partition coefficient (Wildman–Crippen LogP) is 1.55. The average molecular weight is 272 g/mol. The fraction of sp³-hybridized carbons (Fsp3) is 0.538. The Hall–Kier alpha value is -0.723. The summed E-state index contributed by atoms with van der Waals surface area (Å²) in [5.41, 5.74) is 0. The zero-order valence-electron chi connectivity index (χ0n) is 11.7. The van der Waals surface area contributed by atoms with Crippen LogP contribution in [0.1, 0.15) is 20.8 Å². The Labute approximate surface area is 111 Å². The first-order chi connectivity index (χ1) is 8.79. The van der Waals surface area contributed by atoms with Gasteiger partial charge in [-0.15, -0.1) is 0 Å². The van der Waals surface area contributed by atoms with Crippen LogP contribution in [0.15, 0.2) is 30.3 Å². The lowest BCUT2D eigenvalue weighted by molar-refractivity contribution is 0.0859. The number of hydrogen-bond acceptors (Lipinski definition) is 4. The van der Waals surface area contributed by atoms with Gasteiger partial charge < -0.3 is 18.4 Å². The largest absolute Gasteiger partial charge is 0.537 e. The first-order valence-corrected chi connectivity index (χ1v) is 7.93. The lowest BCUT2D eigenvalue weighted by Crippen LogP contribution is -2.56. The van der Waals surface area contributed by atoms with Gasteiger partial charge in [-0.3, -0.25) is 0 Å². The highest BCUT2D eigenvalue weighted by atomic mass is 28.4. The molecule has 18 heavy (non-hydrogen) atoms. The van der Waals surface area contributed by atoms with Crippen molar-refractivity contribution in [3.8, 4) is 0 Å². The van der Waals surface area contributed by atoms with Crippen molar-refractivity contribution in [2.24, 2.45) is 0 Å². The normalized spacial score (nSPS) is 10.7. The monoisotopic (exact) mass is 272 g/mol. The fourth-order valence-electron chi connectivity index (χ4n) is 1.59. The molecule has 0 bridgehead atoms. The Kier molecular flexibility index (Phi) is 9.81. The summed E-state index contributed by atoms with van der Waals surface area (Å²) in [4.78, 5) is 0. The zero-order valence-corrected chi connectivity index (χ0v) is 12.7. The summed E-state index contributed by atoms with van der Waals surface area (Å²) in [6, 6.07) is 9.95. The van der Waals surface area contributed by atoms with Gasteiger partial charge in [0.2, 0.25) is 0 Å². The molecule has 104 valence electrons. The van der Waals surface area contributed by atoms with Gasteiger partial charge >= 0.3 is 8.80 Å². The molecular weight excluding hydrogens is 248 g/mol. The van der Waals surface area contributed by atoms with Crippen LogP contribution in [0.2, 0.25) is 0 Å². The maximum absolute atomic E-state index is 7.00. The van der Waals surface area contributed by atoms with Crippen molar-refractivity contribution in [3.05, 3.63) is 30.3 Å². The lowest BCUT2D eigenvalue weighted by Gasteiger charge is -2.28. The second-order valence-electron chi connectivity index (χ2n) is 3.22. The van der Waals surface area contributed by atoms with Crippen LogP contribution in [0.3, 0.4) is 0 Å². The van der Waals surface area contributed by atoms with Gasteiger partial charge in [-0.2, -0.15) is 0 Å². The van der Waals surface area contributed by atoms with Crippen LogP contribution in [0.4, 0.5) is 0 Å². The molecule has 0 saturated heterocycles. The van der Waals surface area contributed by atoms with E-state index in [-0.39, 0.29) is 0 Å². The molecule has 0 aliphatic carbocycles. The molecule has 0 aliphatic heterocycles. The SMILES string of the molecule is CCO[Si](OCC)(OCC)c1ccccc1.CO. The third kappa shape index (κ3) is 4.87. The second-order valence-corrected chi connectivity index (χ2v) is 5.78. The molecule has 1 rings (SSSR count). The van der Waals surface area contributed by atoms with Crippen molar-refractivity contribution in [2.45, 2.75) is 20.8 Å². The molecule has 0 unspecified atom stereocenters. The van der Waals surface area contributed by atoms with Crippen LogP contribution in [0.5, 0.6) is 0 Å². The molecule has 5 heteroatoms. The Bertz CT molecular complexity index is 275. The molecule has 0 aliphatic rings. The molecule has 1 aromatic rings. The third-order valence-corrected chi connectivity index (χ3v) is 5.18. The average Bonchev–Trinajstić information content (AvgIpc) is 2.43. The van der Waals surface area contributed by atoms with E-state index in [2.05, 4.69) is 0 Å². The minimum Gasteiger partial charge on any atom is -0.400 e. The second kappa shape index (κ2) is 10.2. The Morgan fingerprint density at radius 3 is 1.56 bits per heavy atom. The molecule has 0 aromatic heterocycles. The minimum absolute atomic E-state index is 0.598. The van der Waals surface area contributed by atoms with Crippen molar-refractivity contribution in [2.75, 3.05) is 26.9 Å². The van der Waals surface area contributed by atoms with Crippen LogP contribution < -0.4 is 5.19 Å². The number of aliphatic hydroxyl groups excluding tert-OH is 1. The zero-order chi connectivity index (χ0) is 13.9. The lowest BCUT2D eigenvalue weighted by atomic mass is 10.4.